The number of rotatable bonds is 6. The molecule has 0 spiro atoms. The Hall–Kier alpha value is -1.77. The van der Waals surface area contributed by atoms with Gasteiger partial charge in [-0.25, -0.2) is 6.57 Å². The first-order chi connectivity index (χ1) is 10.2. The SMILES string of the molecule is Cl.[C-]#[N+][C@@H]1CCCN1C(=O)CNCCc1cccc(OC)c1. The first-order valence-electron chi connectivity index (χ1n) is 7.24. The summed E-state index contributed by atoms with van der Waals surface area (Å²) in [5.41, 5.74) is 1.18. The van der Waals surface area contributed by atoms with Gasteiger partial charge in [-0.3, -0.25) is 14.5 Å². The first kappa shape index (κ1) is 18.3. The maximum absolute atomic E-state index is 12.0. The van der Waals surface area contributed by atoms with E-state index >= 15 is 0 Å². The Kier molecular flexibility index (Phi) is 7.72. The third-order valence-corrected chi connectivity index (χ3v) is 3.69. The summed E-state index contributed by atoms with van der Waals surface area (Å²) in [4.78, 5) is 17.2. The van der Waals surface area contributed by atoms with E-state index in [0.29, 0.717) is 13.1 Å². The molecule has 22 heavy (non-hydrogen) atoms. The van der Waals surface area contributed by atoms with Crippen LogP contribution in [0.2, 0.25) is 0 Å². The number of benzene rings is 1. The molecule has 1 aliphatic rings. The largest absolute Gasteiger partial charge is 0.497 e. The molecule has 1 aromatic carbocycles. The van der Waals surface area contributed by atoms with E-state index in [4.69, 9.17) is 11.3 Å². The fraction of sp³-hybridized carbons (Fsp3) is 0.500. The predicted molar refractivity (Wildman–Crippen MR) is 88.2 cm³/mol. The Morgan fingerprint density at radius 3 is 3.09 bits per heavy atom. The van der Waals surface area contributed by atoms with Gasteiger partial charge in [0.15, 0.2) is 0 Å². The number of carbonyl (C=O) groups is 1. The van der Waals surface area contributed by atoms with Gasteiger partial charge in [-0.1, -0.05) is 12.1 Å². The Morgan fingerprint density at radius 2 is 2.36 bits per heavy atom. The van der Waals surface area contributed by atoms with Crippen LogP contribution in [0, 0.1) is 6.57 Å². The van der Waals surface area contributed by atoms with Gasteiger partial charge in [-0.15, -0.1) is 12.4 Å². The number of halogens is 1. The van der Waals surface area contributed by atoms with E-state index in [1.54, 1.807) is 12.0 Å². The predicted octanol–water partition coefficient (Wildman–Crippen LogP) is 2.12. The monoisotopic (exact) mass is 323 g/mol. The molecule has 120 valence electrons. The number of nitrogens with one attached hydrogen (secondary N) is 1. The van der Waals surface area contributed by atoms with E-state index < -0.39 is 0 Å². The molecule has 0 unspecified atom stereocenters. The highest BCUT2D eigenvalue weighted by molar-refractivity contribution is 5.85. The van der Waals surface area contributed by atoms with Gasteiger partial charge in [0.25, 0.3) is 0 Å². The lowest BCUT2D eigenvalue weighted by atomic mass is 10.1. The van der Waals surface area contributed by atoms with Gasteiger partial charge in [0, 0.05) is 13.0 Å². The Labute approximate surface area is 137 Å². The lowest BCUT2D eigenvalue weighted by Gasteiger charge is -2.16. The first-order valence-corrected chi connectivity index (χ1v) is 7.24. The summed E-state index contributed by atoms with van der Waals surface area (Å²) in [5, 5.41) is 3.16. The molecule has 0 bridgehead atoms. The van der Waals surface area contributed by atoms with Crippen LogP contribution in [0.3, 0.4) is 0 Å². The minimum atomic E-state index is -0.252. The molecule has 1 aliphatic heterocycles. The van der Waals surface area contributed by atoms with Crippen LogP contribution in [-0.2, 0) is 11.2 Å². The summed E-state index contributed by atoms with van der Waals surface area (Å²) >= 11 is 0. The summed E-state index contributed by atoms with van der Waals surface area (Å²) in [7, 11) is 1.65. The maximum atomic E-state index is 12.0. The highest BCUT2D eigenvalue weighted by Crippen LogP contribution is 2.17. The van der Waals surface area contributed by atoms with Crippen LogP contribution in [0.5, 0.6) is 5.75 Å². The van der Waals surface area contributed by atoms with Crippen molar-refractivity contribution in [2.24, 2.45) is 0 Å². The van der Waals surface area contributed by atoms with E-state index in [1.807, 2.05) is 24.3 Å². The zero-order valence-corrected chi connectivity index (χ0v) is 13.6. The van der Waals surface area contributed by atoms with Gasteiger partial charge < -0.3 is 10.1 Å². The number of carbonyl (C=O) groups excluding carboxylic acids is 1. The number of ether oxygens (including phenoxy) is 1. The average Bonchev–Trinajstić information content (AvgIpc) is 3.00. The molecule has 1 aromatic rings. The van der Waals surface area contributed by atoms with Crippen molar-refractivity contribution in [1.29, 1.82) is 0 Å². The van der Waals surface area contributed by atoms with Gasteiger partial charge >= 0.3 is 6.17 Å². The van der Waals surface area contributed by atoms with Crippen molar-refractivity contribution in [1.82, 2.24) is 10.2 Å². The molecule has 0 saturated carbocycles. The van der Waals surface area contributed by atoms with Gasteiger partial charge in [-0.2, -0.15) is 0 Å². The molecular formula is C16H22ClN3O2. The van der Waals surface area contributed by atoms with Crippen molar-refractivity contribution in [3.8, 4) is 5.75 Å². The molecule has 0 radical (unpaired) electrons. The van der Waals surface area contributed by atoms with Crippen LogP contribution in [-0.4, -0.2) is 43.7 Å². The van der Waals surface area contributed by atoms with Crippen LogP contribution < -0.4 is 10.1 Å². The van der Waals surface area contributed by atoms with E-state index in [0.717, 1.165) is 31.6 Å². The minimum Gasteiger partial charge on any atom is -0.497 e. The fourth-order valence-electron chi connectivity index (χ4n) is 2.53. The van der Waals surface area contributed by atoms with Crippen LogP contribution in [0.4, 0.5) is 0 Å². The summed E-state index contributed by atoms with van der Waals surface area (Å²) in [6.07, 6.45) is 2.33. The second-order valence-corrected chi connectivity index (χ2v) is 5.12. The van der Waals surface area contributed by atoms with Crippen LogP contribution in [0.25, 0.3) is 4.85 Å². The number of methoxy groups -OCH3 is 1. The molecule has 1 saturated heterocycles. The van der Waals surface area contributed by atoms with Crippen LogP contribution >= 0.6 is 12.4 Å². The van der Waals surface area contributed by atoms with Crippen molar-refractivity contribution in [2.75, 3.05) is 26.7 Å². The second-order valence-electron chi connectivity index (χ2n) is 5.12. The van der Waals surface area contributed by atoms with E-state index in [1.165, 1.54) is 5.56 Å². The third-order valence-electron chi connectivity index (χ3n) is 3.69. The summed E-state index contributed by atoms with van der Waals surface area (Å²) < 4.78 is 5.18. The molecule has 1 amide bonds. The molecule has 0 aliphatic carbocycles. The summed E-state index contributed by atoms with van der Waals surface area (Å²) in [5.74, 6) is 0.875. The van der Waals surface area contributed by atoms with E-state index in [-0.39, 0.29) is 24.5 Å². The van der Waals surface area contributed by atoms with E-state index in [2.05, 4.69) is 10.2 Å². The minimum absolute atomic E-state index is 0. The van der Waals surface area contributed by atoms with Crippen LogP contribution in [0.15, 0.2) is 24.3 Å². The summed E-state index contributed by atoms with van der Waals surface area (Å²) in [6, 6.07) is 7.92. The van der Waals surface area contributed by atoms with Crippen molar-refractivity contribution < 1.29 is 9.53 Å². The fourth-order valence-corrected chi connectivity index (χ4v) is 2.53. The topological polar surface area (TPSA) is 45.9 Å². The number of hydrogen-bond acceptors (Lipinski definition) is 3. The van der Waals surface area contributed by atoms with Gasteiger partial charge in [0.1, 0.15) is 5.75 Å². The van der Waals surface area contributed by atoms with Crippen molar-refractivity contribution in [3.63, 3.8) is 0 Å². The van der Waals surface area contributed by atoms with Crippen LogP contribution in [0.1, 0.15) is 18.4 Å². The quantitative estimate of drug-likeness (QED) is 0.644. The highest BCUT2D eigenvalue weighted by Gasteiger charge is 2.32. The maximum Gasteiger partial charge on any atom is 0.300 e. The molecule has 1 fully saturated rings. The van der Waals surface area contributed by atoms with Crippen molar-refractivity contribution in [3.05, 3.63) is 41.2 Å². The van der Waals surface area contributed by atoms with Gasteiger partial charge in [0.05, 0.1) is 13.7 Å². The number of likely N-dealkylation sites (tertiary alicyclic amines) is 1. The molecule has 1 heterocycles. The Balaban J connectivity index is 0.00000242. The van der Waals surface area contributed by atoms with E-state index in [9.17, 15) is 4.79 Å². The van der Waals surface area contributed by atoms with Crippen molar-refractivity contribution >= 4 is 18.3 Å². The zero-order chi connectivity index (χ0) is 15.1. The molecule has 5 nitrogen and oxygen atoms in total. The molecular weight excluding hydrogens is 302 g/mol. The molecule has 1 atom stereocenters. The zero-order valence-electron chi connectivity index (χ0n) is 12.7. The third kappa shape index (κ3) is 4.90. The van der Waals surface area contributed by atoms with Gasteiger partial charge in [-0.05, 0) is 37.1 Å². The lowest BCUT2D eigenvalue weighted by molar-refractivity contribution is -0.130. The number of amides is 1. The molecule has 1 N–H and O–H groups in total. The number of hydrogen-bond donors (Lipinski definition) is 1. The summed E-state index contributed by atoms with van der Waals surface area (Å²) in [6.45, 7) is 8.83. The second kappa shape index (κ2) is 9.29. The number of nitrogens with zero attached hydrogens (tertiary/aromatic N) is 2. The Morgan fingerprint density at radius 1 is 1.55 bits per heavy atom. The molecule has 0 aromatic heterocycles. The van der Waals surface area contributed by atoms with Crippen molar-refractivity contribution in [2.45, 2.75) is 25.4 Å². The lowest BCUT2D eigenvalue weighted by Crippen LogP contribution is -2.40. The molecule has 6 heteroatoms. The standard InChI is InChI=1S/C16H21N3O2.ClH/c1-17-15-7-4-10-19(15)16(20)12-18-9-8-13-5-3-6-14(11-13)21-2;/h3,5-6,11,15,18H,4,7-10,12H2,2H3;1H/t15-;/m0./s1. The van der Waals surface area contributed by atoms with Gasteiger partial charge in [0.2, 0.25) is 5.91 Å². The smallest absolute Gasteiger partial charge is 0.300 e. The highest BCUT2D eigenvalue weighted by atomic mass is 35.5. The average molecular weight is 324 g/mol. The molecule has 2 rings (SSSR count). The Bertz CT molecular complexity index is 530. The normalized spacial score (nSPS) is 16.7.